The third-order valence-corrected chi connectivity index (χ3v) is 4.20. The second kappa shape index (κ2) is 6.31. The molecule has 0 aromatic heterocycles. The lowest BCUT2D eigenvalue weighted by Crippen LogP contribution is -2.34. The van der Waals surface area contributed by atoms with Crippen molar-refractivity contribution in [3.05, 3.63) is 28.5 Å². The summed E-state index contributed by atoms with van der Waals surface area (Å²) in [6.45, 7) is -0.206. The minimum Gasteiger partial charge on any atom is -0.481 e. The van der Waals surface area contributed by atoms with E-state index in [0.717, 1.165) is 10.4 Å². The second-order valence-electron chi connectivity index (χ2n) is 3.70. The summed E-state index contributed by atoms with van der Waals surface area (Å²) in [6, 6.07) is 3.87. The molecule has 0 fully saturated rings. The van der Waals surface area contributed by atoms with Crippen LogP contribution in [0.1, 0.15) is 6.42 Å². The minimum absolute atomic E-state index is 0.203. The number of aliphatic carboxylic acids is 1. The minimum atomic E-state index is -3.98. The molecule has 1 aromatic rings. The van der Waals surface area contributed by atoms with Crippen molar-refractivity contribution in [2.45, 2.75) is 6.42 Å². The molecule has 106 valence electrons. The number of rotatable bonds is 6. The molecule has 0 aliphatic carbocycles. The number of halogens is 2. The van der Waals surface area contributed by atoms with Crippen molar-refractivity contribution >= 4 is 37.8 Å². The van der Waals surface area contributed by atoms with E-state index in [0.29, 0.717) is 4.47 Å². The molecule has 1 aromatic carbocycles. The maximum atomic E-state index is 13.5. The molecular weight excluding hydrogens is 343 g/mol. The van der Waals surface area contributed by atoms with Crippen molar-refractivity contribution < 1.29 is 22.7 Å². The van der Waals surface area contributed by atoms with Gasteiger partial charge in [0.1, 0.15) is 5.82 Å². The molecule has 9 heteroatoms. The van der Waals surface area contributed by atoms with Crippen LogP contribution in [0.25, 0.3) is 0 Å². The van der Waals surface area contributed by atoms with E-state index in [2.05, 4.69) is 15.9 Å². The van der Waals surface area contributed by atoms with Gasteiger partial charge in [-0.3, -0.25) is 9.52 Å². The number of carbonyl (C=O) groups is 1. The van der Waals surface area contributed by atoms with Gasteiger partial charge < -0.3 is 5.11 Å². The molecule has 0 unspecified atom stereocenters. The summed E-state index contributed by atoms with van der Waals surface area (Å²) in [5.74, 6) is -1.85. The van der Waals surface area contributed by atoms with Gasteiger partial charge in [0.25, 0.3) is 0 Å². The van der Waals surface area contributed by atoms with Gasteiger partial charge >= 0.3 is 16.2 Å². The highest BCUT2D eigenvalue weighted by Crippen LogP contribution is 2.20. The molecule has 19 heavy (non-hydrogen) atoms. The lowest BCUT2D eigenvalue weighted by atomic mass is 10.3. The summed E-state index contributed by atoms with van der Waals surface area (Å²) in [5.41, 5.74) is -0.203. The Morgan fingerprint density at radius 3 is 2.68 bits per heavy atom. The van der Waals surface area contributed by atoms with E-state index < -0.39 is 22.0 Å². The first-order chi connectivity index (χ1) is 8.72. The fourth-order valence-corrected chi connectivity index (χ4v) is 2.43. The van der Waals surface area contributed by atoms with Crippen molar-refractivity contribution in [3.63, 3.8) is 0 Å². The zero-order chi connectivity index (χ0) is 14.6. The van der Waals surface area contributed by atoms with Crippen LogP contribution in [-0.2, 0) is 15.0 Å². The smallest absolute Gasteiger partial charge is 0.304 e. The van der Waals surface area contributed by atoms with E-state index in [1.165, 1.54) is 19.2 Å². The standard InChI is InChI=1S/C10H12BrFN2O4S/c1-14(5-4-10(15)16)19(17,18)13-9-3-2-7(11)6-8(9)12/h2-3,6,13H,4-5H2,1H3,(H,15,16). The lowest BCUT2D eigenvalue weighted by Gasteiger charge is -2.17. The topological polar surface area (TPSA) is 86.7 Å². The van der Waals surface area contributed by atoms with Gasteiger partial charge in [-0.2, -0.15) is 12.7 Å². The number of carboxylic acids is 1. The van der Waals surface area contributed by atoms with E-state index in [1.54, 1.807) is 0 Å². The molecule has 0 aliphatic rings. The van der Waals surface area contributed by atoms with Crippen LogP contribution in [0.15, 0.2) is 22.7 Å². The average molecular weight is 355 g/mol. The predicted octanol–water partition coefficient (Wildman–Crippen LogP) is 1.65. The molecule has 0 spiro atoms. The summed E-state index contributed by atoms with van der Waals surface area (Å²) in [6.07, 6.45) is -0.333. The van der Waals surface area contributed by atoms with Crippen LogP contribution < -0.4 is 4.72 Å². The SMILES string of the molecule is CN(CCC(=O)O)S(=O)(=O)Nc1ccc(Br)cc1F. The number of nitrogens with one attached hydrogen (secondary N) is 1. The van der Waals surface area contributed by atoms with Crippen LogP contribution in [0.2, 0.25) is 0 Å². The van der Waals surface area contributed by atoms with Crippen LogP contribution in [0, 0.1) is 5.82 Å². The Bertz CT molecular complexity index is 579. The second-order valence-corrected chi connectivity index (χ2v) is 6.39. The maximum absolute atomic E-state index is 13.5. The zero-order valence-corrected chi connectivity index (χ0v) is 12.3. The van der Waals surface area contributed by atoms with Crippen LogP contribution in [0.4, 0.5) is 10.1 Å². The predicted molar refractivity (Wildman–Crippen MR) is 71.5 cm³/mol. The number of anilines is 1. The highest BCUT2D eigenvalue weighted by Gasteiger charge is 2.19. The zero-order valence-electron chi connectivity index (χ0n) is 9.93. The van der Waals surface area contributed by atoms with Gasteiger partial charge in [-0.1, -0.05) is 15.9 Å². The molecule has 6 nitrogen and oxygen atoms in total. The summed E-state index contributed by atoms with van der Waals surface area (Å²) < 4.78 is 40.4. The van der Waals surface area contributed by atoms with E-state index in [4.69, 9.17) is 5.11 Å². The first-order valence-corrected chi connectivity index (χ1v) is 7.36. The third kappa shape index (κ3) is 4.77. The highest BCUT2D eigenvalue weighted by molar-refractivity contribution is 9.10. The van der Waals surface area contributed by atoms with Gasteiger partial charge in [0.15, 0.2) is 0 Å². The Hall–Kier alpha value is -1.19. The molecule has 0 heterocycles. The first-order valence-electron chi connectivity index (χ1n) is 5.13. The molecule has 2 N–H and O–H groups in total. The van der Waals surface area contributed by atoms with Crippen molar-refractivity contribution in [1.29, 1.82) is 0 Å². The molecule has 0 radical (unpaired) electrons. The van der Waals surface area contributed by atoms with Gasteiger partial charge in [0.2, 0.25) is 0 Å². The van der Waals surface area contributed by atoms with Crippen molar-refractivity contribution in [1.82, 2.24) is 4.31 Å². The summed E-state index contributed by atoms with van der Waals surface area (Å²) in [5, 5.41) is 8.49. The van der Waals surface area contributed by atoms with E-state index in [9.17, 15) is 17.6 Å². The Kier molecular flexibility index (Phi) is 5.27. The van der Waals surface area contributed by atoms with Gasteiger partial charge in [0, 0.05) is 18.1 Å². The summed E-state index contributed by atoms with van der Waals surface area (Å²) >= 11 is 3.05. The van der Waals surface area contributed by atoms with Crippen molar-refractivity contribution in [3.8, 4) is 0 Å². The van der Waals surface area contributed by atoms with Crippen molar-refractivity contribution in [2.24, 2.45) is 0 Å². The number of hydrogen-bond acceptors (Lipinski definition) is 3. The highest BCUT2D eigenvalue weighted by atomic mass is 79.9. The van der Waals surface area contributed by atoms with Crippen molar-refractivity contribution in [2.75, 3.05) is 18.3 Å². The molecular formula is C10H12BrFN2O4S. The quantitative estimate of drug-likeness (QED) is 0.813. The van der Waals surface area contributed by atoms with Crippen LogP contribution in [0.5, 0.6) is 0 Å². The van der Waals surface area contributed by atoms with E-state index in [1.807, 2.05) is 4.72 Å². The van der Waals surface area contributed by atoms with Gasteiger partial charge in [-0.15, -0.1) is 0 Å². The van der Waals surface area contributed by atoms with Crippen LogP contribution in [-0.4, -0.2) is 37.4 Å². The Labute approximate surface area is 118 Å². The number of carboxylic acid groups (broad SMARTS) is 1. The van der Waals surface area contributed by atoms with E-state index in [-0.39, 0.29) is 18.7 Å². The van der Waals surface area contributed by atoms with Gasteiger partial charge in [0.05, 0.1) is 12.1 Å². The average Bonchev–Trinajstić information content (AvgIpc) is 2.29. The molecule has 0 aliphatic heterocycles. The van der Waals surface area contributed by atoms with E-state index >= 15 is 0 Å². The molecule has 0 bridgehead atoms. The number of benzene rings is 1. The Morgan fingerprint density at radius 2 is 2.16 bits per heavy atom. The molecule has 1 rings (SSSR count). The summed E-state index contributed by atoms with van der Waals surface area (Å²) in [4.78, 5) is 10.4. The van der Waals surface area contributed by atoms with Crippen LogP contribution >= 0.6 is 15.9 Å². The molecule has 0 saturated heterocycles. The Morgan fingerprint density at radius 1 is 1.53 bits per heavy atom. The number of hydrogen-bond donors (Lipinski definition) is 2. The first kappa shape index (κ1) is 15.9. The fraction of sp³-hybridized carbons (Fsp3) is 0.300. The normalized spacial score (nSPS) is 11.6. The largest absolute Gasteiger partial charge is 0.481 e. The third-order valence-electron chi connectivity index (χ3n) is 2.22. The lowest BCUT2D eigenvalue weighted by molar-refractivity contribution is -0.137. The van der Waals surface area contributed by atoms with Gasteiger partial charge in [-0.25, -0.2) is 4.39 Å². The molecule has 0 amide bonds. The molecule has 0 saturated carbocycles. The molecule has 0 atom stereocenters. The maximum Gasteiger partial charge on any atom is 0.304 e. The summed E-state index contributed by atoms with van der Waals surface area (Å²) in [7, 11) is -2.77. The number of nitrogens with zero attached hydrogens (tertiary/aromatic N) is 1. The van der Waals surface area contributed by atoms with Gasteiger partial charge in [-0.05, 0) is 18.2 Å². The fourth-order valence-electron chi connectivity index (χ4n) is 1.16. The Balaban J connectivity index is 2.81. The monoisotopic (exact) mass is 354 g/mol. The van der Waals surface area contributed by atoms with Crippen LogP contribution in [0.3, 0.4) is 0 Å².